The molecule has 204 valence electrons. The molecule has 9 nitrogen and oxygen atoms in total. The first kappa shape index (κ1) is 29.3. The number of nitrogens with zero attached hydrogens (tertiary/aromatic N) is 5. The standard InChI is InChI=1S/C25H27Cl2N5O4.C2H6/c1-16(26)10-12-35-20-13-21(24(33-3)22(27)14-20)23-15-19(36-30-23)5-4-11-34-18-8-6-17(7-9-18)25-28-31-32(2)29-25;1-2/h6-10,13-14,19H,4-5,11-12,15H2,1-3H3;1-2H3/b16-10-;. The maximum Gasteiger partial charge on any atom is 0.204 e. The highest BCUT2D eigenvalue weighted by Crippen LogP contribution is 2.36. The van der Waals surface area contributed by atoms with Gasteiger partial charge in [0.05, 0.1) is 31.5 Å². The Kier molecular flexibility index (Phi) is 11.2. The van der Waals surface area contributed by atoms with E-state index in [1.807, 2.05) is 44.2 Å². The summed E-state index contributed by atoms with van der Waals surface area (Å²) in [4.78, 5) is 7.10. The predicted molar refractivity (Wildman–Crippen MR) is 149 cm³/mol. The second kappa shape index (κ2) is 14.6. The van der Waals surface area contributed by atoms with E-state index in [4.69, 9.17) is 42.3 Å². The Balaban J connectivity index is 0.00000195. The lowest BCUT2D eigenvalue weighted by atomic mass is 10.0. The minimum absolute atomic E-state index is 0.0522. The van der Waals surface area contributed by atoms with Crippen molar-refractivity contribution in [3.8, 4) is 28.6 Å². The van der Waals surface area contributed by atoms with E-state index in [1.165, 1.54) is 4.80 Å². The molecule has 38 heavy (non-hydrogen) atoms. The number of ether oxygens (including phenoxy) is 3. The van der Waals surface area contributed by atoms with Crippen LogP contribution >= 0.6 is 23.2 Å². The summed E-state index contributed by atoms with van der Waals surface area (Å²) in [5.74, 6) is 2.50. The highest BCUT2D eigenvalue weighted by Gasteiger charge is 2.26. The van der Waals surface area contributed by atoms with Crippen LogP contribution in [0.25, 0.3) is 11.4 Å². The molecule has 1 atom stereocenters. The van der Waals surface area contributed by atoms with Gasteiger partial charge >= 0.3 is 0 Å². The summed E-state index contributed by atoms with van der Waals surface area (Å²) in [5, 5.41) is 17.5. The van der Waals surface area contributed by atoms with Crippen molar-refractivity contribution in [2.45, 2.75) is 46.1 Å². The van der Waals surface area contributed by atoms with Gasteiger partial charge in [0.15, 0.2) is 0 Å². The van der Waals surface area contributed by atoms with Crippen LogP contribution in [0.3, 0.4) is 0 Å². The molecule has 2 aromatic carbocycles. The number of rotatable bonds is 11. The van der Waals surface area contributed by atoms with Crippen LogP contribution in [-0.2, 0) is 11.9 Å². The largest absolute Gasteiger partial charge is 0.494 e. The summed E-state index contributed by atoms with van der Waals surface area (Å²) in [6, 6.07) is 11.2. The van der Waals surface area contributed by atoms with E-state index in [0.717, 1.165) is 35.4 Å². The lowest BCUT2D eigenvalue weighted by molar-refractivity contribution is 0.0741. The molecule has 1 aliphatic rings. The molecule has 0 spiro atoms. The van der Waals surface area contributed by atoms with E-state index in [9.17, 15) is 0 Å². The van der Waals surface area contributed by atoms with Crippen LogP contribution in [0.5, 0.6) is 17.2 Å². The van der Waals surface area contributed by atoms with Crippen LogP contribution in [0.15, 0.2) is 52.7 Å². The first-order valence-corrected chi connectivity index (χ1v) is 13.2. The third kappa shape index (κ3) is 8.10. The molecule has 0 N–H and O–H groups in total. The summed E-state index contributed by atoms with van der Waals surface area (Å²) in [6.45, 7) is 6.69. The number of aromatic nitrogens is 4. The highest BCUT2D eigenvalue weighted by atomic mass is 35.5. The monoisotopic (exact) mass is 561 g/mol. The van der Waals surface area contributed by atoms with Gasteiger partial charge in [0, 0.05) is 28.6 Å². The van der Waals surface area contributed by atoms with Crippen LogP contribution in [-0.4, -0.2) is 52.3 Å². The van der Waals surface area contributed by atoms with Crippen LogP contribution in [0, 0.1) is 0 Å². The van der Waals surface area contributed by atoms with Gasteiger partial charge in [-0.3, -0.25) is 0 Å². The minimum atomic E-state index is -0.0522. The second-order valence-corrected chi connectivity index (χ2v) is 9.18. The van der Waals surface area contributed by atoms with Crippen molar-refractivity contribution >= 4 is 28.9 Å². The number of oxime groups is 1. The van der Waals surface area contributed by atoms with Gasteiger partial charge in [-0.15, -0.1) is 10.2 Å². The summed E-state index contributed by atoms with van der Waals surface area (Å²) >= 11 is 12.3. The van der Waals surface area contributed by atoms with Gasteiger partial charge in [-0.05, 0) is 61.4 Å². The van der Waals surface area contributed by atoms with Crippen molar-refractivity contribution in [1.82, 2.24) is 20.2 Å². The van der Waals surface area contributed by atoms with E-state index in [-0.39, 0.29) is 6.10 Å². The number of benzene rings is 2. The summed E-state index contributed by atoms with van der Waals surface area (Å²) < 4.78 is 17.1. The molecule has 0 radical (unpaired) electrons. The topological polar surface area (TPSA) is 92.9 Å². The lowest BCUT2D eigenvalue weighted by Crippen LogP contribution is -2.11. The molecule has 0 saturated heterocycles. The summed E-state index contributed by atoms with van der Waals surface area (Å²) in [5.41, 5.74) is 2.40. The van der Waals surface area contributed by atoms with Crippen molar-refractivity contribution in [2.75, 3.05) is 20.3 Å². The Hall–Kier alpha value is -3.30. The number of allylic oxidation sites excluding steroid dienone is 1. The van der Waals surface area contributed by atoms with E-state index < -0.39 is 0 Å². The summed E-state index contributed by atoms with van der Waals surface area (Å²) in [6.07, 6.45) is 3.96. The second-order valence-electron chi connectivity index (χ2n) is 8.17. The quantitative estimate of drug-likeness (QED) is 0.248. The van der Waals surface area contributed by atoms with Gasteiger partial charge < -0.3 is 19.0 Å². The smallest absolute Gasteiger partial charge is 0.204 e. The van der Waals surface area contributed by atoms with Crippen LogP contribution < -0.4 is 14.2 Å². The molecule has 0 bridgehead atoms. The molecule has 2 heterocycles. The summed E-state index contributed by atoms with van der Waals surface area (Å²) in [7, 11) is 3.31. The average molecular weight is 562 g/mol. The molecule has 3 aromatic rings. The van der Waals surface area contributed by atoms with Gasteiger partial charge in [-0.25, -0.2) is 0 Å². The normalized spacial score (nSPS) is 14.8. The number of aryl methyl sites for hydroxylation is 1. The van der Waals surface area contributed by atoms with Crippen molar-refractivity contribution in [3.63, 3.8) is 0 Å². The van der Waals surface area contributed by atoms with Gasteiger partial charge in [0.1, 0.15) is 30.0 Å². The molecular weight excluding hydrogens is 529 g/mol. The Bertz CT molecular complexity index is 1240. The minimum Gasteiger partial charge on any atom is -0.494 e. The fourth-order valence-electron chi connectivity index (χ4n) is 3.67. The van der Waals surface area contributed by atoms with Gasteiger partial charge in [0.2, 0.25) is 5.82 Å². The number of halogens is 2. The fourth-order valence-corrected chi connectivity index (χ4v) is 4.02. The lowest BCUT2D eigenvalue weighted by Gasteiger charge is -2.13. The van der Waals surface area contributed by atoms with Crippen LogP contribution in [0.2, 0.25) is 5.02 Å². The maximum absolute atomic E-state index is 6.43. The predicted octanol–water partition coefficient (Wildman–Crippen LogP) is 6.44. The van der Waals surface area contributed by atoms with E-state index >= 15 is 0 Å². The van der Waals surface area contributed by atoms with E-state index in [1.54, 1.807) is 33.2 Å². The third-order valence-corrected chi connectivity index (χ3v) is 5.87. The Morgan fingerprint density at radius 1 is 1.16 bits per heavy atom. The zero-order valence-corrected chi connectivity index (χ0v) is 23.8. The highest BCUT2D eigenvalue weighted by molar-refractivity contribution is 6.33. The zero-order valence-electron chi connectivity index (χ0n) is 22.3. The zero-order chi connectivity index (χ0) is 27.5. The third-order valence-electron chi connectivity index (χ3n) is 5.44. The first-order chi connectivity index (χ1) is 18.4. The van der Waals surface area contributed by atoms with Crippen molar-refractivity contribution in [1.29, 1.82) is 0 Å². The fraction of sp³-hybridized carbons (Fsp3) is 0.407. The molecule has 0 saturated carbocycles. The number of hydrogen-bond acceptors (Lipinski definition) is 8. The number of methoxy groups -OCH3 is 1. The molecule has 1 unspecified atom stereocenters. The first-order valence-electron chi connectivity index (χ1n) is 12.5. The van der Waals surface area contributed by atoms with Gasteiger partial charge in [0.25, 0.3) is 0 Å². The molecule has 0 aliphatic carbocycles. The Morgan fingerprint density at radius 2 is 1.92 bits per heavy atom. The molecule has 1 aliphatic heterocycles. The van der Waals surface area contributed by atoms with Gasteiger partial charge in [-0.1, -0.05) is 42.2 Å². The number of hydrogen-bond donors (Lipinski definition) is 0. The molecule has 0 fully saturated rings. The maximum atomic E-state index is 6.43. The van der Waals surface area contributed by atoms with Crippen molar-refractivity contribution in [2.24, 2.45) is 12.2 Å². The van der Waals surface area contributed by atoms with E-state index in [0.29, 0.717) is 47.0 Å². The molecule has 1 aromatic heterocycles. The number of tetrazole rings is 1. The average Bonchev–Trinajstić information content (AvgIpc) is 3.57. The SMILES string of the molecule is CC.COc1c(Cl)cc(OC/C=C(/C)Cl)cc1C1=NOC(CCCOc2ccc(-c3nnn(C)n3)cc2)C1. The van der Waals surface area contributed by atoms with Gasteiger partial charge in [-0.2, -0.15) is 4.80 Å². The molecule has 4 rings (SSSR count). The molecular formula is C27H33Cl2N5O4. The van der Waals surface area contributed by atoms with E-state index in [2.05, 4.69) is 20.6 Å². The van der Waals surface area contributed by atoms with Crippen LogP contribution in [0.4, 0.5) is 0 Å². The van der Waals surface area contributed by atoms with Crippen molar-refractivity contribution in [3.05, 3.63) is 58.1 Å². The molecule has 11 heteroatoms. The Morgan fingerprint density at radius 3 is 2.58 bits per heavy atom. The van der Waals surface area contributed by atoms with Crippen LogP contribution in [0.1, 0.15) is 45.6 Å². The van der Waals surface area contributed by atoms with Crippen molar-refractivity contribution < 1.29 is 19.0 Å². The Labute approximate surface area is 233 Å². The molecule has 0 amide bonds.